The van der Waals surface area contributed by atoms with Crippen LogP contribution in [0.25, 0.3) is 0 Å². The minimum atomic E-state index is 0.174. The van der Waals surface area contributed by atoms with Crippen molar-refractivity contribution in [3.8, 4) is 5.75 Å². The smallest absolute Gasteiger partial charge is 0.120 e. The van der Waals surface area contributed by atoms with Crippen LogP contribution >= 0.6 is 0 Å². The van der Waals surface area contributed by atoms with Crippen molar-refractivity contribution in [2.45, 2.75) is 65.0 Å². The molecule has 2 N–H and O–H groups in total. The normalized spacial score (nSPS) is 27.6. The molecule has 1 saturated carbocycles. The zero-order chi connectivity index (χ0) is 14.0. The van der Waals surface area contributed by atoms with Gasteiger partial charge in [-0.05, 0) is 61.3 Å². The van der Waals surface area contributed by atoms with Crippen LogP contribution in [0.1, 0.15) is 57.1 Å². The lowest BCUT2D eigenvalue weighted by molar-refractivity contribution is 0.108. The third-order valence-corrected chi connectivity index (χ3v) is 4.26. The molecule has 1 aliphatic rings. The van der Waals surface area contributed by atoms with Gasteiger partial charge in [-0.2, -0.15) is 0 Å². The van der Waals surface area contributed by atoms with Crippen molar-refractivity contribution >= 4 is 0 Å². The Hall–Kier alpha value is -1.02. The average molecular weight is 261 g/mol. The predicted octanol–water partition coefficient (Wildman–Crippen LogP) is 4.01. The highest BCUT2D eigenvalue weighted by Crippen LogP contribution is 2.29. The molecule has 2 nitrogen and oxygen atoms in total. The molecule has 3 atom stereocenters. The standard InChI is InChI=1S/C17H27NO/c1-11(2)15-7-6-14(10-13(15)4)19-17-9-12(3)5-8-16(17)18/h6-7,10-12,16-17H,5,8-9,18H2,1-4H3. The van der Waals surface area contributed by atoms with E-state index < -0.39 is 0 Å². The zero-order valence-corrected chi connectivity index (χ0v) is 12.6. The van der Waals surface area contributed by atoms with Crippen LogP contribution in [0.15, 0.2) is 18.2 Å². The first kappa shape index (κ1) is 14.4. The molecule has 1 aromatic rings. The summed E-state index contributed by atoms with van der Waals surface area (Å²) in [5.74, 6) is 2.25. The van der Waals surface area contributed by atoms with E-state index in [2.05, 4.69) is 45.9 Å². The topological polar surface area (TPSA) is 35.2 Å². The minimum Gasteiger partial charge on any atom is -0.489 e. The van der Waals surface area contributed by atoms with E-state index in [1.165, 1.54) is 17.5 Å². The van der Waals surface area contributed by atoms with E-state index >= 15 is 0 Å². The Bertz CT molecular complexity index is 427. The number of ether oxygens (including phenoxy) is 1. The molecule has 0 spiro atoms. The second-order valence-electron chi connectivity index (χ2n) is 6.41. The van der Waals surface area contributed by atoms with Gasteiger partial charge in [0, 0.05) is 6.04 Å². The summed E-state index contributed by atoms with van der Waals surface area (Å²) in [6.07, 6.45) is 3.56. The number of benzene rings is 1. The molecule has 2 heteroatoms. The van der Waals surface area contributed by atoms with Gasteiger partial charge in [0.2, 0.25) is 0 Å². The number of nitrogens with two attached hydrogens (primary N) is 1. The number of rotatable bonds is 3. The SMILES string of the molecule is Cc1cc(OC2CC(C)CCC2N)ccc1C(C)C. The van der Waals surface area contributed by atoms with Gasteiger partial charge in [-0.25, -0.2) is 0 Å². The fourth-order valence-corrected chi connectivity index (χ4v) is 3.03. The van der Waals surface area contributed by atoms with Gasteiger partial charge in [0.25, 0.3) is 0 Å². The quantitative estimate of drug-likeness (QED) is 0.892. The van der Waals surface area contributed by atoms with Crippen LogP contribution in [0, 0.1) is 12.8 Å². The van der Waals surface area contributed by atoms with Crippen LogP contribution in [0.4, 0.5) is 0 Å². The number of aryl methyl sites for hydroxylation is 1. The Labute approximate surface area is 117 Å². The van der Waals surface area contributed by atoms with Crippen molar-refractivity contribution in [3.05, 3.63) is 29.3 Å². The first-order chi connectivity index (χ1) is 8.97. The maximum absolute atomic E-state index is 6.18. The van der Waals surface area contributed by atoms with E-state index in [1.807, 2.05) is 0 Å². The van der Waals surface area contributed by atoms with E-state index in [1.54, 1.807) is 0 Å². The van der Waals surface area contributed by atoms with Gasteiger partial charge < -0.3 is 10.5 Å². The Morgan fingerprint density at radius 2 is 2.00 bits per heavy atom. The predicted molar refractivity (Wildman–Crippen MR) is 80.7 cm³/mol. The van der Waals surface area contributed by atoms with E-state index in [9.17, 15) is 0 Å². The summed E-state index contributed by atoms with van der Waals surface area (Å²) < 4.78 is 6.13. The van der Waals surface area contributed by atoms with Crippen LogP contribution in [0.3, 0.4) is 0 Å². The summed E-state index contributed by atoms with van der Waals surface area (Å²) in [5, 5.41) is 0. The van der Waals surface area contributed by atoms with E-state index in [4.69, 9.17) is 10.5 Å². The maximum atomic E-state index is 6.18. The summed E-state index contributed by atoms with van der Waals surface area (Å²) in [4.78, 5) is 0. The Kier molecular flexibility index (Phi) is 4.51. The van der Waals surface area contributed by atoms with Gasteiger partial charge in [-0.3, -0.25) is 0 Å². The van der Waals surface area contributed by atoms with E-state index in [0.717, 1.165) is 24.5 Å². The molecule has 0 heterocycles. The van der Waals surface area contributed by atoms with Gasteiger partial charge in [0.1, 0.15) is 11.9 Å². The molecule has 0 saturated heterocycles. The lowest BCUT2D eigenvalue weighted by atomic mass is 9.85. The van der Waals surface area contributed by atoms with Crippen LogP contribution < -0.4 is 10.5 Å². The molecule has 1 aliphatic carbocycles. The molecular weight excluding hydrogens is 234 g/mol. The molecule has 0 aliphatic heterocycles. The molecule has 0 radical (unpaired) electrons. The first-order valence-corrected chi connectivity index (χ1v) is 7.50. The summed E-state index contributed by atoms with van der Waals surface area (Å²) in [7, 11) is 0. The molecule has 3 unspecified atom stereocenters. The molecule has 0 aromatic heterocycles. The fraction of sp³-hybridized carbons (Fsp3) is 0.647. The molecule has 1 aromatic carbocycles. The van der Waals surface area contributed by atoms with Gasteiger partial charge >= 0.3 is 0 Å². The molecular formula is C17H27NO. The summed E-state index contributed by atoms with van der Waals surface area (Å²) in [6, 6.07) is 6.62. The zero-order valence-electron chi connectivity index (χ0n) is 12.6. The lowest BCUT2D eigenvalue weighted by Crippen LogP contribution is -2.43. The molecule has 0 amide bonds. The lowest BCUT2D eigenvalue weighted by Gasteiger charge is -2.32. The average Bonchev–Trinajstić information content (AvgIpc) is 2.33. The van der Waals surface area contributed by atoms with Crippen molar-refractivity contribution in [1.82, 2.24) is 0 Å². The molecule has 2 rings (SSSR count). The second-order valence-corrected chi connectivity index (χ2v) is 6.41. The number of hydrogen-bond donors (Lipinski definition) is 1. The van der Waals surface area contributed by atoms with Gasteiger partial charge in [0.15, 0.2) is 0 Å². The van der Waals surface area contributed by atoms with Crippen molar-refractivity contribution in [2.24, 2.45) is 11.7 Å². The maximum Gasteiger partial charge on any atom is 0.120 e. The fourth-order valence-electron chi connectivity index (χ4n) is 3.03. The van der Waals surface area contributed by atoms with Crippen LogP contribution in [0.5, 0.6) is 5.75 Å². The summed E-state index contributed by atoms with van der Waals surface area (Å²) in [6.45, 7) is 8.89. The van der Waals surface area contributed by atoms with Crippen LogP contribution in [-0.2, 0) is 0 Å². The summed E-state index contributed by atoms with van der Waals surface area (Å²) >= 11 is 0. The van der Waals surface area contributed by atoms with Crippen molar-refractivity contribution in [3.63, 3.8) is 0 Å². The highest BCUT2D eigenvalue weighted by molar-refractivity contribution is 5.36. The van der Waals surface area contributed by atoms with Gasteiger partial charge in [-0.1, -0.05) is 26.8 Å². The molecule has 1 fully saturated rings. The molecule has 0 bridgehead atoms. The van der Waals surface area contributed by atoms with E-state index in [0.29, 0.717) is 5.92 Å². The van der Waals surface area contributed by atoms with Crippen LogP contribution in [-0.4, -0.2) is 12.1 Å². The Balaban J connectivity index is 2.08. The number of hydrogen-bond acceptors (Lipinski definition) is 2. The monoisotopic (exact) mass is 261 g/mol. The van der Waals surface area contributed by atoms with Crippen molar-refractivity contribution in [2.75, 3.05) is 0 Å². The highest BCUT2D eigenvalue weighted by Gasteiger charge is 2.27. The largest absolute Gasteiger partial charge is 0.489 e. The van der Waals surface area contributed by atoms with E-state index in [-0.39, 0.29) is 12.1 Å². The highest BCUT2D eigenvalue weighted by atomic mass is 16.5. The molecule has 106 valence electrons. The Morgan fingerprint density at radius 3 is 2.63 bits per heavy atom. The summed E-state index contributed by atoms with van der Waals surface area (Å²) in [5.41, 5.74) is 8.89. The van der Waals surface area contributed by atoms with Gasteiger partial charge in [-0.15, -0.1) is 0 Å². The van der Waals surface area contributed by atoms with Crippen molar-refractivity contribution < 1.29 is 4.74 Å². The third-order valence-electron chi connectivity index (χ3n) is 4.26. The first-order valence-electron chi connectivity index (χ1n) is 7.50. The van der Waals surface area contributed by atoms with Gasteiger partial charge in [0.05, 0.1) is 0 Å². The third kappa shape index (κ3) is 3.50. The van der Waals surface area contributed by atoms with Crippen molar-refractivity contribution in [1.29, 1.82) is 0 Å². The van der Waals surface area contributed by atoms with Crippen LogP contribution in [0.2, 0.25) is 0 Å². The molecule has 19 heavy (non-hydrogen) atoms. The Morgan fingerprint density at radius 1 is 1.26 bits per heavy atom. The second kappa shape index (κ2) is 5.96. The minimum absolute atomic E-state index is 0.174.